The first-order valence-corrected chi connectivity index (χ1v) is 12.3. The molecule has 0 heterocycles. The molecule has 0 saturated heterocycles. The standard InChI is InChI=1S/C26H34O2Si/c1-6-22(2)25(27)20-14-9-15-21-28-29(26(3,4)5,23-16-10-7-11-17-23)24-18-12-8-13-19-24/h6-8,10-14,16-20H,9,15,21H2,1-5H3/b20-14+,22-6+. The number of carbonyl (C=O) groups is 1. The number of hydrogen-bond donors (Lipinski definition) is 0. The maximum Gasteiger partial charge on any atom is 0.261 e. The molecule has 0 aliphatic rings. The molecule has 154 valence electrons. The molecule has 0 atom stereocenters. The van der Waals surface area contributed by atoms with E-state index in [2.05, 4.69) is 81.4 Å². The van der Waals surface area contributed by atoms with Gasteiger partial charge in [-0.25, -0.2) is 0 Å². The van der Waals surface area contributed by atoms with E-state index < -0.39 is 8.32 Å². The summed E-state index contributed by atoms with van der Waals surface area (Å²) in [5, 5.41) is 2.59. The lowest BCUT2D eigenvalue weighted by atomic mass is 10.1. The van der Waals surface area contributed by atoms with Gasteiger partial charge in [0.2, 0.25) is 0 Å². The third-order valence-electron chi connectivity index (χ3n) is 5.34. The maximum absolute atomic E-state index is 11.9. The van der Waals surface area contributed by atoms with Gasteiger partial charge >= 0.3 is 0 Å². The van der Waals surface area contributed by atoms with Crippen molar-refractivity contribution in [1.82, 2.24) is 0 Å². The molecule has 0 radical (unpaired) electrons. The van der Waals surface area contributed by atoms with Crippen molar-refractivity contribution in [1.29, 1.82) is 0 Å². The Labute approximate surface area is 177 Å². The molecule has 0 N–H and O–H groups in total. The van der Waals surface area contributed by atoms with Crippen molar-refractivity contribution in [2.75, 3.05) is 6.61 Å². The highest BCUT2D eigenvalue weighted by molar-refractivity contribution is 6.99. The van der Waals surface area contributed by atoms with E-state index in [4.69, 9.17) is 4.43 Å². The van der Waals surface area contributed by atoms with E-state index in [1.54, 1.807) is 6.08 Å². The van der Waals surface area contributed by atoms with Gasteiger partial charge in [0, 0.05) is 6.61 Å². The second kappa shape index (κ2) is 10.5. The van der Waals surface area contributed by atoms with Gasteiger partial charge in [0.1, 0.15) is 0 Å². The van der Waals surface area contributed by atoms with Crippen LogP contribution in [0.3, 0.4) is 0 Å². The molecule has 0 aliphatic carbocycles. The van der Waals surface area contributed by atoms with E-state index in [-0.39, 0.29) is 10.8 Å². The number of benzene rings is 2. The lowest BCUT2D eigenvalue weighted by Crippen LogP contribution is -2.66. The first kappa shape index (κ1) is 23.0. The Morgan fingerprint density at radius 1 is 0.966 bits per heavy atom. The van der Waals surface area contributed by atoms with Crippen LogP contribution in [0.25, 0.3) is 0 Å². The molecule has 0 spiro atoms. The highest BCUT2D eigenvalue weighted by atomic mass is 28.4. The monoisotopic (exact) mass is 406 g/mol. The zero-order valence-corrected chi connectivity index (χ0v) is 19.4. The van der Waals surface area contributed by atoms with Gasteiger partial charge in [0.25, 0.3) is 8.32 Å². The van der Waals surface area contributed by atoms with Crippen molar-refractivity contribution in [2.45, 2.75) is 52.5 Å². The number of carbonyl (C=O) groups excluding carboxylic acids is 1. The highest BCUT2D eigenvalue weighted by Gasteiger charge is 2.49. The Morgan fingerprint density at radius 3 is 1.93 bits per heavy atom. The van der Waals surface area contributed by atoms with Gasteiger partial charge < -0.3 is 4.43 Å². The minimum Gasteiger partial charge on any atom is -0.407 e. The van der Waals surface area contributed by atoms with E-state index in [9.17, 15) is 4.79 Å². The largest absolute Gasteiger partial charge is 0.407 e. The highest BCUT2D eigenvalue weighted by Crippen LogP contribution is 2.36. The molecule has 0 fully saturated rings. The Kier molecular flexibility index (Phi) is 8.36. The summed E-state index contributed by atoms with van der Waals surface area (Å²) in [5.74, 6) is 0.0837. The lowest BCUT2D eigenvalue weighted by molar-refractivity contribution is -0.111. The third kappa shape index (κ3) is 5.65. The van der Waals surface area contributed by atoms with Gasteiger partial charge in [-0.2, -0.15) is 0 Å². The van der Waals surface area contributed by atoms with Crippen LogP contribution in [0.2, 0.25) is 5.04 Å². The summed E-state index contributed by atoms with van der Waals surface area (Å²) < 4.78 is 6.85. The van der Waals surface area contributed by atoms with Crippen molar-refractivity contribution >= 4 is 24.5 Å². The Bertz CT molecular complexity index is 791. The predicted octanol–water partition coefficient (Wildman–Crippen LogP) is 5.43. The van der Waals surface area contributed by atoms with E-state index in [1.807, 2.05) is 26.0 Å². The summed E-state index contributed by atoms with van der Waals surface area (Å²) in [5.41, 5.74) is 0.782. The summed E-state index contributed by atoms with van der Waals surface area (Å²) in [6.07, 6.45) is 7.21. The Hall–Kier alpha value is -2.23. The predicted molar refractivity (Wildman–Crippen MR) is 126 cm³/mol. The van der Waals surface area contributed by atoms with Crippen molar-refractivity contribution in [3.05, 3.63) is 84.5 Å². The van der Waals surface area contributed by atoms with Crippen LogP contribution in [-0.2, 0) is 9.22 Å². The molecular weight excluding hydrogens is 372 g/mol. The Morgan fingerprint density at radius 2 is 1.48 bits per heavy atom. The molecule has 2 rings (SSSR count). The second-order valence-electron chi connectivity index (χ2n) is 8.39. The first-order chi connectivity index (χ1) is 13.8. The number of unbranched alkanes of at least 4 members (excludes halogenated alkanes) is 1. The fourth-order valence-corrected chi connectivity index (χ4v) is 8.26. The third-order valence-corrected chi connectivity index (χ3v) is 10.4. The van der Waals surface area contributed by atoms with Crippen molar-refractivity contribution in [3.63, 3.8) is 0 Å². The number of allylic oxidation sites excluding steroid dienone is 4. The van der Waals surface area contributed by atoms with E-state index in [1.165, 1.54) is 10.4 Å². The topological polar surface area (TPSA) is 26.3 Å². The molecule has 0 bridgehead atoms. The molecular formula is C26H34O2Si. The zero-order chi connectivity index (χ0) is 21.3. The average Bonchev–Trinajstić information content (AvgIpc) is 2.73. The first-order valence-electron chi connectivity index (χ1n) is 10.4. The number of ketones is 1. The Balaban J connectivity index is 2.21. The second-order valence-corrected chi connectivity index (χ2v) is 12.7. The van der Waals surface area contributed by atoms with Gasteiger partial charge in [0.15, 0.2) is 5.78 Å². The normalized spacial score (nSPS) is 13.1. The minimum atomic E-state index is -2.46. The summed E-state index contributed by atoms with van der Waals surface area (Å²) in [6.45, 7) is 11.3. The van der Waals surface area contributed by atoms with Gasteiger partial charge in [-0.15, -0.1) is 0 Å². The van der Waals surface area contributed by atoms with Crippen LogP contribution >= 0.6 is 0 Å². The van der Waals surface area contributed by atoms with Crippen LogP contribution in [0, 0.1) is 0 Å². The molecule has 0 saturated carbocycles. The number of rotatable bonds is 9. The summed E-state index contributed by atoms with van der Waals surface area (Å²) >= 11 is 0. The molecule has 0 amide bonds. The molecule has 0 aromatic heterocycles. The van der Waals surface area contributed by atoms with Crippen LogP contribution in [0.1, 0.15) is 47.5 Å². The van der Waals surface area contributed by atoms with E-state index >= 15 is 0 Å². The molecule has 3 heteroatoms. The minimum absolute atomic E-state index is 0.00938. The summed E-state index contributed by atoms with van der Waals surface area (Å²) in [7, 11) is -2.46. The summed E-state index contributed by atoms with van der Waals surface area (Å²) in [6, 6.07) is 21.4. The number of hydrogen-bond acceptors (Lipinski definition) is 2. The molecule has 2 nitrogen and oxygen atoms in total. The molecule has 0 aliphatic heterocycles. The smallest absolute Gasteiger partial charge is 0.261 e. The van der Waals surface area contributed by atoms with E-state index in [0.29, 0.717) is 6.61 Å². The fraction of sp³-hybridized carbons (Fsp3) is 0.346. The van der Waals surface area contributed by atoms with Crippen LogP contribution in [0.15, 0.2) is 84.5 Å². The van der Waals surface area contributed by atoms with E-state index in [0.717, 1.165) is 18.4 Å². The van der Waals surface area contributed by atoms with Crippen LogP contribution < -0.4 is 10.4 Å². The van der Waals surface area contributed by atoms with Crippen molar-refractivity contribution in [3.8, 4) is 0 Å². The van der Waals surface area contributed by atoms with Gasteiger partial charge in [-0.1, -0.05) is 93.6 Å². The molecule has 2 aromatic rings. The fourth-order valence-electron chi connectivity index (χ4n) is 3.65. The molecule has 2 aromatic carbocycles. The van der Waals surface area contributed by atoms with Crippen LogP contribution in [-0.4, -0.2) is 20.7 Å². The van der Waals surface area contributed by atoms with Crippen LogP contribution in [0.5, 0.6) is 0 Å². The molecule has 0 unspecified atom stereocenters. The van der Waals surface area contributed by atoms with Crippen molar-refractivity contribution in [2.24, 2.45) is 0 Å². The average molecular weight is 407 g/mol. The van der Waals surface area contributed by atoms with Gasteiger partial charge in [-0.05, 0) is 53.7 Å². The quantitative estimate of drug-likeness (QED) is 0.315. The maximum atomic E-state index is 11.9. The molecule has 29 heavy (non-hydrogen) atoms. The van der Waals surface area contributed by atoms with Crippen molar-refractivity contribution < 1.29 is 9.22 Å². The SMILES string of the molecule is C/C=C(\C)C(=O)/C=C/CCCO[Si](c1ccccc1)(c1ccccc1)C(C)(C)C. The summed E-state index contributed by atoms with van der Waals surface area (Å²) in [4.78, 5) is 11.9. The lowest BCUT2D eigenvalue weighted by Gasteiger charge is -2.43. The van der Waals surface area contributed by atoms with Gasteiger partial charge in [0.05, 0.1) is 0 Å². The van der Waals surface area contributed by atoms with Crippen LogP contribution in [0.4, 0.5) is 0 Å². The van der Waals surface area contributed by atoms with Gasteiger partial charge in [-0.3, -0.25) is 4.79 Å². The zero-order valence-electron chi connectivity index (χ0n) is 18.4.